The number of hydrogen-bond donors (Lipinski definition) is 2. The smallest absolute Gasteiger partial charge is 0.248 e. The molecule has 2 N–H and O–H groups in total. The Morgan fingerprint density at radius 2 is 2.10 bits per heavy atom. The molecule has 5 rings (SSSR count). The summed E-state index contributed by atoms with van der Waals surface area (Å²) in [6, 6.07) is 9.78. The minimum absolute atomic E-state index is 0.0526. The number of nitrogens with zero attached hydrogens (tertiary/aromatic N) is 3. The third-order valence-electron chi connectivity index (χ3n) is 6.45. The maximum absolute atomic E-state index is 13.7. The van der Waals surface area contributed by atoms with Crippen LogP contribution in [0.1, 0.15) is 12.0 Å². The van der Waals surface area contributed by atoms with E-state index >= 15 is 0 Å². The Kier molecular flexibility index (Phi) is 8.54. The topological polar surface area (TPSA) is 109 Å². The van der Waals surface area contributed by atoms with Crippen molar-refractivity contribution in [2.24, 2.45) is 0 Å². The van der Waals surface area contributed by atoms with Gasteiger partial charge in [0.1, 0.15) is 23.7 Å². The maximum Gasteiger partial charge on any atom is 0.248 e. The van der Waals surface area contributed by atoms with Crippen LogP contribution in [0.3, 0.4) is 0 Å². The van der Waals surface area contributed by atoms with E-state index in [1.807, 2.05) is 6.08 Å². The summed E-state index contributed by atoms with van der Waals surface area (Å²) in [5.41, 5.74) is 2.17. The van der Waals surface area contributed by atoms with E-state index in [9.17, 15) is 14.4 Å². The Morgan fingerprint density at radius 1 is 1.26 bits per heavy atom. The minimum Gasteiger partial charge on any atom is -0.486 e. The number of benzene rings is 2. The fourth-order valence-electron chi connectivity index (χ4n) is 4.41. The number of fused-ring (bicyclic) bond motifs is 1. The molecule has 202 valence electrons. The van der Waals surface area contributed by atoms with Crippen LogP contribution in [0.25, 0.3) is 10.9 Å². The molecule has 0 spiro atoms. The van der Waals surface area contributed by atoms with Crippen LogP contribution in [-0.2, 0) is 14.3 Å². The van der Waals surface area contributed by atoms with Gasteiger partial charge in [-0.1, -0.05) is 17.7 Å². The number of pyridine rings is 1. The molecule has 1 amide bonds. The van der Waals surface area contributed by atoms with Gasteiger partial charge in [-0.3, -0.25) is 14.7 Å². The van der Waals surface area contributed by atoms with Crippen LogP contribution in [0.15, 0.2) is 48.7 Å². The van der Waals surface area contributed by atoms with Crippen molar-refractivity contribution < 1.29 is 23.4 Å². The van der Waals surface area contributed by atoms with Gasteiger partial charge in [-0.05, 0) is 24.3 Å². The molecule has 2 aromatic carbocycles. The predicted octanol–water partition coefficient (Wildman–Crippen LogP) is 4.64. The van der Waals surface area contributed by atoms with Crippen molar-refractivity contribution in [1.82, 2.24) is 9.88 Å². The summed E-state index contributed by atoms with van der Waals surface area (Å²) in [4.78, 5) is 19.5. The molecule has 0 unspecified atom stereocenters. The number of carbonyl (C=O) groups is 1. The van der Waals surface area contributed by atoms with Gasteiger partial charge in [0.15, 0.2) is 0 Å². The quantitative estimate of drug-likeness (QED) is 0.390. The van der Waals surface area contributed by atoms with Crippen molar-refractivity contribution in [3.05, 3.63) is 65.1 Å². The molecule has 2 fully saturated rings. The molecular formula is C28H27ClFN5O4. The SMILES string of the molecule is N#Cc1cnc2cc(O[C@H]3CCOC3)c(NC(=O)/C=C/CN3CCOCC3)cc2c1Nc1ccc(F)c(Cl)c1. The zero-order valence-electron chi connectivity index (χ0n) is 21.1. The summed E-state index contributed by atoms with van der Waals surface area (Å²) in [5.74, 6) is -0.424. The van der Waals surface area contributed by atoms with Crippen molar-refractivity contribution in [1.29, 1.82) is 5.26 Å². The van der Waals surface area contributed by atoms with E-state index in [1.165, 1.54) is 30.5 Å². The fourth-order valence-corrected chi connectivity index (χ4v) is 4.59. The van der Waals surface area contributed by atoms with Gasteiger partial charge in [-0.15, -0.1) is 0 Å². The molecule has 1 atom stereocenters. The molecule has 0 aliphatic carbocycles. The average molecular weight is 552 g/mol. The summed E-state index contributed by atoms with van der Waals surface area (Å²) in [6.07, 6.45) is 5.32. The minimum atomic E-state index is -0.549. The molecule has 0 radical (unpaired) electrons. The van der Waals surface area contributed by atoms with Crippen molar-refractivity contribution in [2.45, 2.75) is 12.5 Å². The van der Waals surface area contributed by atoms with Gasteiger partial charge in [0.25, 0.3) is 0 Å². The highest BCUT2D eigenvalue weighted by atomic mass is 35.5. The van der Waals surface area contributed by atoms with E-state index in [1.54, 1.807) is 12.1 Å². The number of carbonyl (C=O) groups excluding carboxylic acids is 1. The molecule has 3 aromatic rings. The van der Waals surface area contributed by atoms with Gasteiger partial charge in [-0.2, -0.15) is 5.26 Å². The van der Waals surface area contributed by atoms with Crippen LogP contribution in [0.4, 0.5) is 21.5 Å². The highest BCUT2D eigenvalue weighted by Crippen LogP contribution is 2.37. The molecular weight excluding hydrogens is 525 g/mol. The number of rotatable bonds is 8. The number of hydrogen-bond acceptors (Lipinski definition) is 8. The van der Waals surface area contributed by atoms with E-state index in [-0.39, 0.29) is 22.6 Å². The molecule has 1 aromatic heterocycles. The Hall–Kier alpha value is -3.75. The van der Waals surface area contributed by atoms with Crippen LogP contribution in [-0.4, -0.2) is 68.0 Å². The second-order valence-electron chi connectivity index (χ2n) is 9.19. The molecule has 39 heavy (non-hydrogen) atoms. The zero-order valence-corrected chi connectivity index (χ0v) is 21.8. The third kappa shape index (κ3) is 6.64. The number of amides is 1. The predicted molar refractivity (Wildman–Crippen MR) is 146 cm³/mol. The van der Waals surface area contributed by atoms with E-state index in [0.717, 1.165) is 19.5 Å². The summed E-state index contributed by atoms with van der Waals surface area (Å²) in [6.45, 7) is 4.69. The standard InChI is InChI=1S/C28H27ClFN5O4/c29-22-12-19(3-4-23(22)30)33-28-18(15-31)16-32-24-14-26(39-20-5-9-38-17-20)25(13-21(24)28)34-27(36)2-1-6-35-7-10-37-11-8-35/h1-4,12-14,16,20H,5-11,17H2,(H,32,33)(H,34,36)/b2-1+/t20-/m0/s1. The Morgan fingerprint density at radius 3 is 2.85 bits per heavy atom. The molecule has 11 heteroatoms. The number of morpholine rings is 1. The number of nitriles is 1. The molecule has 9 nitrogen and oxygen atoms in total. The van der Waals surface area contributed by atoms with Crippen LogP contribution in [0, 0.1) is 17.1 Å². The van der Waals surface area contributed by atoms with Gasteiger partial charge in [0.2, 0.25) is 5.91 Å². The Balaban J connectivity index is 1.47. The largest absolute Gasteiger partial charge is 0.486 e. The second kappa shape index (κ2) is 12.4. The van der Waals surface area contributed by atoms with E-state index in [4.69, 9.17) is 25.8 Å². The molecule has 2 saturated heterocycles. The number of halogens is 2. The van der Waals surface area contributed by atoms with Gasteiger partial charge in [0.05, 0.1) is 53.9 Å². The maximum atomic E-state index is 13.7. The van der Waals surface area contributed by atoms with Crippen molar-refractivity contribution in [2.75, 3.05) is 56.7 Å². The molecule has 0 bridgehead atoms. The monoisotopic (exact) mass is 551 g/mol. The first-order valence-electron chi connectivity index (χ1n) is 12.6. The Bertz CT molecular complexity index is 1430. The first kappa shape index (κ1) is 26.8. The summed E-state index contributed by atoms with van der Waals surface area (Å²) < 4.78 is 30.7. The van der Waals surface area contributed by atoms with E-state index < -0.39 is 5.82 Å². The fraction of sp³-hybridized carbons (Fsp3) is 0.321. The van der Waals surface area contributed by atoms with Gasteiger partial charge in [0, 0.05) is 55.5 Å². The highest BCUT2D eigenvalue weighted by molar-refractivity contribution is 6.31. The lowest BCUT2D eigenvalue weighted by Gasteiger charge is -2.25. The van der Waals surface area contributed by atoms with E-state index in [2.05, 4.69) is 26.6 Å². The number of nitrogens with one attached hydrogen (secondary N) is 2. The first-order chi connectivity index (χ1) is 19.0. The molecule has 0 saturated carbocycles. The highest BCUT2D eigenvalue weighted by Gasteiger charge is 2.21. The summed E-state index contributed by atoms with van der Waals surface area (Å²) in [5, 5.41) is 16.4. The van der Waals surface area contributed by atoms with E-state index in [0.29, 0.717) is 66.7 Å². The van der Waals surface area contributed by atoms with Crippen LogP contribution in [0.2, 0.25) is 5.02 Å². The average Bonchev–Trinajstić information content (AvgIpc) is 3.45. The van der Waals surface area contributed by atoms with Gasteiger partial charge >= 0.3 is 0 Å². The van der Waals surface area contributed by atoms with Gasteiger partial charge < -0.3 is 24.8 Å². The Labute approximate surface area is 230 Å². The summed E-state index contributed by atoms with van der Waals surface area (Å²) in [7, 11) is 0. The number of anilines is 3. The van der Waals surface area contributed by atoms with Crippen molar-refractivity contribution in [3.63, 3.8) is 0 Å². The lowest BCUT2D eigenvalue weighted by atomic mass is 10.1. The van der Waals surface area contributed by atoms with Crippen LogP contribution in [0.5, 0.6) is 5.75 Å². The third-order valence-corrected chi connectivity index (χ3v) is 6.74. The first-order valence-corrected chi connectivity index (χ1v) is 13.0. The number of aromatic nitrogens is 1. The molecule has 3 heterocycles. The lowest BCUT2D eigenvalue weighted by Crippen LogP contribution is -2.36. The van der Waals surface area contributed by atoms with Crippen LogP contribution < -0.4 is 15.4 Å². The van der Waals surface area contributed by atoms with Crippen molar-refractivity contribution >= 4 is 45.5 Å². The van der Waals surface area contributed by atoms with Crippen LogP contribution >= 0.6 is 11.6 Å². The van der Waals surface area contributed by atoms with Gasteiger partial charge in [-0.25, -0.2) is 4.39 Å². The molecule has 2 aliphatic rings. The number of ether oxygens (including phenoxy) is 3. The second-order valence-corrected chi connectivity index (χ2v) is 9.59. The zero-order chi connectivity index (χ0) is 27.2. The van der Waals surface area contributed by atoms with Crippen molar-refractivity contribution in [3.8, 4) is 11.8 Å². The normalized spacial score (nSPS) is 17.8. The molecule has 2 aliphatic heterocycles. The lowest BCUT2D eigenvalue weighted by molar-refractivity contribution is -0.111. The summed E-state index contributed by atoms with van der Waals surface area (Å²) >= 11 is 5.97.